The maximum atomic E-state index is 12.6. The third-order valence-corrected chi connectivity index (χ3v) is 4.98. The predicted octanol–water partition coefficient (Wildman–Crippen LogP) is 4.14. The molecule has 5 nitrogen and oxygen atoms in total. The molecule has 1 aliphatic heterocycles. The van der Waals surface area contributed by atoms with Gasteiger partial charge in [-0.3, -0.25) is 9.78 Å². The number of piperidine rings is 1. The Morgan fingerprint density at radius 2 is 1.88 bits per heavy atom. The number of carbonyl (C=O) groups excluding carboxylic acids is 1. The number of anilines is 2. The molecule has 1 N–H and O–H groups in total. The number of fused-ring (bicyclic) bond motifs is 1. The molecule has 1 fully saturated rings. The first-order valence-electron chi connectivity index (χ1n) is 8.71. The zero-order valence-electron chi connectivity index (χ0n) is 14.2. The van der Waals surface area contributed by atoms with E-state index in [-0.39, 0.29) is 11.8 Å². The highest BCUT2D eigenvalue weighted by Gasteiger charge is 2.25. The van der Waals surface area contributed by atoms with Gasteiger partial charge in [-0.1, -0.05) is 29.8 Å². The number of rotatable bonds is 3. The van der Waals surface area contributed by atoms with E-state index >= 15 is 0 Å². The summed E-state index contributed by atoms with van der Waals surface area (Å²) in [4.78, 5) is 23.5. The maximum Gasteiger partial charge on any atom is 0.227 e. The molecule has 0 radical (unpaired) electrons. The smallest absolute Gasteiger partial charge is 0.227 e. The lowest BCUT2D eigenvalue weighted by Crippen LogP contribution is -2.38. The zero-order valence-corrected chi connectivity index (χ0v) is 15.0. The molecule has 3 heterocycles. The summed E-state index contributed by atoms with van der Waals surface area (Å²) in [5, 5.41) is 4.67. The van der Waals surface area contributed by atoms with Crippen molar-refractivity contribution >= 4 is 39.9 Å². The van der Waals surface area contributed by atoms with E-state index in [0.29, 0.717) is 5.02 Å². The second-order valence-electron chi connectivity index (χ2n) is 6.50. The first-order valence-corrected chi connectivity index (χ1v) is 9.09. The summed E-state index contributed by atoms with van der Waals surface area (Å²) in [5.74, 6) is 0.975. The molecule has 132 valence electrons. The summed E-state index contributed by atoms with van der Waals surface area (Å²) in [6, 6.07) is 13.6. The van der Waals surface area contributed by atoms with Gasteiger partial charge in [0.15, 0.2) is 0 Å². The molecule has 0 unspecified atom stereocenters. The number of hydrogen-bond acceptors (Lipinski definition) is 4. The largest absolute Gasteiger partial charge is 0.357 e. The summed E-state index contributed by atoms with van der Waals surface area (Å²) in [6.07, 6.45) is 4.98. The minimum absolute atomic E-state index is 0.00465. The lowest BCUT2D eigenvalue weighted by atomic mass is 9.96. The van der Waals surface area contributed by atoms with Crippen LogP contribution in [-0.4, -0.2) is 29.0 Å². The van der Waals surface area contributed by atoms with Crippen LogP contribution in [0.5, 0.6) is 0 Å². The van der Waals surface area contributed by atoms with E-state index in [1.165, 1.54) is 0 Å². The molecule has 1 aromatic carbocycles. The molecule has 0 aliphatic carbocycles. The van der Waals surface area contributed by atoms with Crippen molar-refractivity contribution < 1.29 is 4.79 Å². The van der Waals surface area contributed by atoms with E-state index in [1.807, 2.05) is 42.5 Å². The molecule has 0 bridgehead atoms. The van der Waals surface area contributed by atoms with Gasteiger partial charge in [-0.25, -0.2) is 4.98 Å². The molecule has 6 heteroatoms. The van der Waals surface area contributed by atoms with Crippen molar-refractivity contribution in [2.45, 2.75) is 12.8 Å². The zero-order chi connectivity index (χ0) is 17.9. The number of hydrogen-bond donors (Lipinski definition) is 1. The van der Waals surface area contributed by atoms with Gasteiger partial charge in [-0.05, 0) is 37.1 Å². The van der Waals surface area contributed by atoms with Crippen molar-refractivity contribution in [2.24, 2.45) is 5.92 Å². The number of nitrogens with zero attached hydrogens (tertiary/aromatic N) is 3. The van der Waals surface area contributed by atoms with Crippen LogP contribution in [0.25, 0.3) is 10.9 Å². The Kier molecular flexibility index (Phi) is 4.71. The Morgan fingerprint density at radius 3 is 2.65 bits per heavy atom. The van der Waals surface area contributed by atoms with Crippen LogP contribution in [-0.2, 0) is 4.79 Å². The third-order valence-electron chi connectivity index (χ3n) is 4.76. The highest BCUT2D eigenvalue weighted by atomic mass is 35.5. The van der Waals surface area contributed by atoms with Gasteiger partial charge in [0.1, 0.15) is 5.82 Å². The number of halogens is 1. The second kappa shape index (κ2) is 7.30. The Balaban J connectivity index is 1.37. The monoisotopic (exact) mass is 366 g/mol. The average molecular weight is 367 g/mol. The van der Waals surface area contributed by atoms with E-state index in [4.69, 9.17) is 11.6 Å². The normalized spacial score (nSPS) is 15.2. The third kappa shape index (κ3) is 3.63. The van der Waals surface area contributed by atoms with Gasteiger partial charge in [-0.2, -0.15) is 0 Å². The van der Waals surface area contributed by atoms with Crippen LogP contribution in [0, 0.1) is 5.92 Å². The molecule has 1 amide bonds. The van der Waals surface area contributed by atoms with E-state index in [2.05, 4.69) is 20.2 Å². The highest BCUT2D eigenvalue weighted by molar-refractivity contribution is 6.30. The summed E-state index contributed by atoms with van der Waals surface area (Å²) in [6.45, 7) is 1.62. The number of nitrogens with one attached hydrogen (secondary N) is 1. The van der Waals surface area contributed by atoms with Crippen molar-refractivity contribution in [2.75, 3.05) is 23.3 Å². The first kappa shape index (κ1) is 16.8. The van der Waals surface area contributed by atoms with Crippen LogP contribution >= 0.6 is 11.6 Å². The van der Waals surface area contributed by atoms with Crippen LogP contribution < -0.4 is 10.2 Å². The van der Waals surface area contributed by atoms with E-state index < -0.39 is 0 Å². The second-order valence-corrected chi connectivity index (χ2v) is 6.94. The van der Waals surface area contributed by atoms with Gasteiger partial charge < -0.3 is 10.2 Å². The quantitative estimate of drug-likeness (QED) is 0.756. The molecule has 1 saturated heterocycles. The molecule has 4 rings (SSSR count). The van der Waals surface area contributed by atoms with Crippen LogP contribution in [0.2, 0.25) is 5.02 Å². The summed E-state index contributed by atoms with van der Waals surface area (Å²) < 4.78 is 0. The van der Waals surface area contributed by atoms with Crippen molar-refractivity contribution in [3.63, 3.8) is 0 Å². The minimum atomic E-state index is 0.00465. The molecule has 1 aliphatic rings. The molecule has 0 saturated carbocycles. The van der Waals surface area contributed by atoms with Gasteiger partial charge in [0.25, 0.3) is 0 Å². The number of para-hydroxylation sites is 1. The molecular formula is C20H19ClN4O. The van der Waals surface area contributed by atoms with Gasteiger partial charge in [0, 0.05) is 30.6 Å². The number of benzene rings is 1. The highest BCUT2D eigenvalue weighted by Crippen LogP contribution is 2.24. The first-order chi connectivity index (χ1) is 12.7. The fourth-order valence-electron chi connectivity index (χ4n) is 3.31. The Labute approximate surface area is 157 Å². The number of amides is 1. The van der Waals surface area contributed by atoms with Crippen molar-refractivity contribution in [1.29, 1.82) is 0 Å². The Morgan fingerprint density at radius 1 is 1.08 bits per heavy atom. The van der Waals surface area contributed by atoms with Crippen molar-refractivity contribution in [3.8, 4) is 0 Å². The van der Waals surface area contributed by atoms with Gasteiger partial charge in [-0.15, -0.1) is 0 Å². The van der Waals surface area contributed by atoms with E-state index in [1.54, 1.807) is 12.4 Å². The summed E-state index contributed by atoms with van der Waals surface area (Å²) >= 11 is 5.89. The minimum Gasteiger partial charge on any atom is -0.357 e. The lowest BCUT2D eigenvalue weighted by molar-refractivity contribution is -0.120. The standard InChI is InChI=1S/C20H19ClN4O/c21-16-5-6-19(23-12-16)25-9-7-14(8-10-25)20(26)24-17-11-15-3-1-2-4-18(15)22-13-17/h1-6,11-14H,7-10H2,(H,24,26). The van der Waals surface area contributed by atoms with Gasteiger partial charge in [0.2, 0.25) is 5.91 Å². The molecule has 0 spiro atoms. The van der Waals surface area contributed by atoms with Crippen LogP contribution in [0.1, 0.15) is 12.8 Å². The molecular weight excluding hydrogens is 348 g/mol. The fourth-order valence-corrected chi connectivity index (χ4v) is 3.42. The summed E-state index contributed by atoms with van der Waals surface area (Å²) in [5.41, 5.74) is 1.67. The van der Waals surface area contributed by atoms with E-state index in [9.17, 15) is 4.79 Å². The predicted molar refractivity (Wildman–Crippen MR) is 105 cm³/mol. The van der Waals surface area contributed by atoms with Gasteiger partial charge in [0.05, 0.1) is 22.4 Å². The van der Waals surface area contributed by atoms with Gasteiger partial charge >= 0.3 is 0 Å². The molecule has 0 atom stereocenters. The van der Waals surface area contributed by atoms with Crippen LogP contribution in [0.3, 0.4) is 0 Å². The van der Waals surface area contributed by atoms with Crippen molar-refractivity contribution in [3.05, 3.63) is 59.9 Å². The van der Waals surface area contributed by atoms with Crippen LogP contribution in [0.15, 0.2) is 54.9 Å². The molecule has 3 aromatic rings. The Bertz CT molecular complexity index is 921. The molecule has 26 heavy (non-hydrogen) atoms. The average Bonchev–Trinajstić information content (AvgIpc) is 2.68. The molecule has 2 aromatic heterocycles. The van der Waals surface area contributed by atoms with E-state index in [0.717, 1.165) is 48.3 Å². The number of aromatic nitrogens is 2. The fraction of sp³-hybridized carbons (Fsp3) is 0.250. The Hall–Kier alpha value is -2.66. The lowest BCUT2D eigenvalue weighted by Gasteiger charge is -2.32. The SMILES string of the molecule is O=C(Nc1cnc2ccccc2c1)C1CCN(c2ccc(Cl)cn2)CC1. The number of carbonyl (C=O) groups is 1. The van der Waals surface area contributed by atoms with Crippen LogP contribution in [0.4, 0.5) is 11.5 Å². The summed E-state index contributed by atoms with van der Waals surface area (Å²) in [7, 11) is 0. The van der Waals surface area contributed by atoms with Crippen molar-refractivity contribution in [1.82, 2.24) is 9.97 Å². The topological polar surface area (TPSA) is 58.1 Å². The number of pyridine rings is 2. The maximum absolute atomic E-state index is 12.6.